The summed E-state index contributed by atoms with van der Waals surface area (Å²) in [6, 6.07) is 3.66. The van der Waals surface area contributed by atoms with Crippen molar-refractivity contribution in [1.29, 1.82) is 0 Å². The second-order valence-corrected chi connectivity index (χ2v) is 2.89. The van der Waals surface area contributed by atoms with Crippen LogP contribution in [0.25, 0.3) is 0 Å². The fourth-order valence-electron chi connectivity index (χ4n) is 1.02. The highest BCUT2D eigenvalue weighted by atomic mass is 16.5. The fraction of sp³-hybridized carbons (Fsp3) is 0.400. The van der Waals surface area contributed by atoms with Crippen LogP contribution < -0.4 is 10.1 Å². The molecule has 0 amide bonds. The molecular weight excluding hydrogens is 196 g/mol. The van der Waals surface area contributed by atoms with Crippen LogP contribution in [0.2, 0.25) is 0 Å². The largest absolute Gasteiger partial charge is 0.481 e. The number of nitrogens with one attached hydrogen (secondary N) is 1. The zero-order chi connectivity index (χ0) is 11.1. The van der Waals surface area contributed by atoms with Crippen molar-refractivity contribution >= 4 is 5.97 Å². The number of hydrogen-bond donors (Lipinski definition) is 1. The summed E-state index contributed by atoms with van der Waals surface area (Å²) in [4.78, 5) is 14.8. The molecule has 0 aromatic carbocycles. The number of rotatable bonds is 5. The first kappa shape index (κ1) is 11.5. The molecule has 1 aromatic rings. The van der Waals surface area contributed by atoms with Gasteiger partial charge in [0.15, 0.2) is 0 Å². The van der Waals surface area contributed by atoms with Crippen LogP contribution in [0.15, 0.2) is 18.3 Å². The Morgan fingerprint density at radius 1 is 1.47 bits per heavy atom. The lowest BCUT2D eigenvalue weighted by molar-refractivity contribution is -0.139. The third kappa shape index (κ3) is 3.95. The Labute approximate surface area is 88.4 Å². The van der Waals surface area contributed by atoms with E-state index in [0.29, 0.717) is 12.4 Å². The average Bonchev–Trinajstić information content (AvgIpc) is 2.29. The van der Waals surface area contributed by atoms with E-state index in [4.69, 9.17) is 4.74 Å². The van der Waals surface area contributed by atoms with Gasteiger partial charge in [-0.3, -0.25) is 4.79 Å². The molecule has 0 aliphatic carbocycles. The Kier molecular flexibility index (Phi) is 4.56. The number of nitrogens with zero attached hydrogens (tertiary/aromatic N) is 1. The van der Waals surface area contributed by atoms with Crippen molar-refractivity contribution in [1.82, 2.24) is 10.3 Å². The summed E-state index contributed by atoms with van der Waals surface area (Å²) in [5.41, 5.74) is 0.986. The molecule has 1 N–H and O–H groups in total. The Bertz CT molecular complexity index is 311. The zero-order valence-electron chi connectivity index (χ0n) is 8.82. The predicted octanol–water partition coefficient (Wildman–Crippen LogP) is 0.353. The maximum Gasteiger partial charge on any atom is 0.319 e. The quantitative estimate of drug-likeness (QED) is 0.711. The third-order valence-electron chi connectivity index (χ3n) is 1.83. The summed E-state index contributed by atoms with van der Waals surface area (Å²) in [5.74, 6) is 0.295. The molecule has 82 valence electrons. The summed E-state index contributed by atoms with van der Waals surface area (Å²) in [7, 11) is 2.93. The van der Waals surface area contributed by atoms with Crippen molar-refractivity contribution in [2.45, 2.75) is 6.54 Å². The number of carbonyl (C=O) groups excluding carboxylic acids is 1. The molecule has 0 saturated carbocycles. The average molecular weight is 210 g/mol. The van der Waals surface area contributed by atoms with E-state index < -0.39 is 0 Å². The molecule has 0 saturated heterocycles. The van der Waals surface area contributed by atoms with E-state index in [1.807, 2.05) is 6.07 Å². The van der Waals surface area contributed by atoms with Crippen molar-refractivity contribution in [2.24, 2.45) is 0 Å². The maximum absolute atomic E-state index is 10.8. The van der Waals surface area contributed by atoms with Crippen molar-refractivity contribution in [3.05, 3.63) is 23.9 Å². The van der Waals surface area contributed by atoms with Crippen LogP contribution in [0.1, 0.15) is 5.56 Å². The van der Waals surface area contributed by atoms with Gasteiger partial charge in [-0.2, -0.15) is 0 Å². The van der Waals surface area contributed by atoms with Crippen molar-refractivity contribution in [2.75, 3.05) is 20.8 Å². The van der Waals surface area contributed by atoms with Crippen LogP contribution in [0.5, 0.6) is 5.88 Å². The van der Waals surface area contributed by atoms with Gasteiger partial charge in [0, 0.05) is 18.8 Å². The summed E-state index contributed by atoms with van der Waals surface area (Å²) in [5, 5.41) is 2.93. The molecule has 0 atom stereocenters. The molecule has 5 heteroatoms. The molecule has 0 unspecified atom stereocenters. The zero-order valence-corrected chi connectivity index (χ0v) is 8.82. The van der Waals surface area contributed by atoms with Gasteiger partial charge in [-0.1, -0.05) is 6.07 Å². The molecule has 0 aliphatic rings. The highest BCUT2D eigenvalue weighted by Crippen LogP contribution is 2.05. The van der Waals surface area contributed by atoms with Crippen molar-refractivity contribution in [3.63, 3.8) is 0 Å². The normalized spacial score (nSPS) is 9.73. The smallest absolute Gasteiger partial charge is 0.319 e. The van der Waals surface area contributed by atoms with E-state index in [0.717, 1.165) is 5.56 Å². The van der Waals surface area contributed by atoms with Gasteiger partial charge in [-0.25, -0.2) is 4.98 Å². The number of methoxy groups -OCH3 is 2. The minimum atomic E-state index is -0.281. The van der Waals surface area contributed by atoms with Crippen LogP contribution in [0, 0.1) is 0 Å². The summed E-state index contributed by atoms with van der Waals surface area (Å²) in [6.45, 7) is 0.772. The standard InChI is InChI=1S/C10H14N2O3/c1-14-9-4-3-8(6-12-9)5-11-7-10(13)15-2/h3-4,6,11H,5,7H2,1-2H3. The van der Waals surface area contributed by atoms with Crippen LogP contribution in [0.4, 0.5) is 0 Å². The first-order valence-corrected chi connectivity index (χ1v) is 4.52. The van der Waals surface area contributed by atoms with Gasteiger partial charge in [0.25, 0.3) is 0 Å². The van der Waals surface area contributed by atoms with Gasteiger partial charge in [-0.05, 0) is 5.56 Å². The van der Waals surface area contributed by atoms with Crippen LogP contribution in [0.3, 0.4) is 0 Å². The Balaban J connectivity index is 2.34. The van der Waals surface area contributed by atoms with Crippen molar-refractivity contribution in [3.8, 4) is 5.88 Å². The number of aromatic nitrogens is 1. The molecule has 0 spiro atoms. The topological polar surface area (TPSA) is 60.5 Å². The van der Waals surface area contributed by atoms with E-state index in [2.05, 4.69) is 15.0 Å². The Morgan fingerprint density at radius 2 is 2.27 bits per heavy atom. The van der Waals surface area contributed by atoms with Crippen LogP contribution >= 0.6 is 0 Å². The molecule has 5 nitrogen and oxygen atoms in total. The van der Waals surface area contributed by atoms with Gasteiger partial charge >= 0.3 is 5.97 Å². The van der Waals surface area contributed by atoms with E-state index in [1.54, 1.807) is 19.4 Å². The molecule has 0 aliphatic heterocycles. The summed E-state index contributed by atoms with van der Waals surface area (Å²) >= 11 is 0. The number of pyridine rings is 1. The second-order valence-electron chi connectivity index (χ2n) is 2.89. The monoisotopic (exact) mass is 210 g/mol. The first-order valence-electron chi connectivity index (χ1n) is 4.52. The number of carbonyl (C=O) groups is 1. The lowest BCUT2D eigenvalue weighted by Crippen LogP contribution is -2.23. The minimum absolute atomic E-state index is 0.197. The van der Waals surface area contributed by atoms with Crippen LogP contribution in [-0.2, 0) is 16.1 Å². The second kappa shape index (κ2) is 5.98. The van der Waals surface area contributed by atoms with Gasteiger partial charge < -0.3 is 14.8 Å². The van der Waals surface area contributed by atoms with Gasteiger partial charge in [0.1, 0.15) is 0 Å². The maximum atomic E-state index is 10.8. The Morgan fingerprint density at radius 3 is 2.80 bits per heavy atom. The highest BCUT2D eigenvalue weighted by molar-refractivity contribution is 5.71. The van der Waals surface area contributed by atoms with Crippen LogP contribution in [-0.4, -0.2) is 31.7 Å². The number of ether oxygens (including phenoxy) is 2. The molecular formula is C10H14N2O3. The van der Waals surface area contributed by atoms with Gasteiger partial charge in [-0.15, -0.1) is 0 Å². The highest BCUT2D eigenvalue weighted by Gasteiger charge is 1.99. The molecule has 0 fully saturated rings. The van der Waals surface area contributed by atoms with E-state index in [1.165, 1.54) is 7.11 Å². The summed E-state index contributed by atoms with van der Waals surface area (Å²) < 4.78 is 9.41. The number of hydrogen-bond acceptors (Lipinski definition) is 5. The fourth-order valence-corrected chi connectivity index (χ4v) is 1.02. The van der Waals surface area contributed by atoms with Crippen molar-refractivity contribution < 1.29 is 14.3 Å². The molecule has 1 heterocycles. The first-order chi connectivity index (χ1) is 7.26. The lowest BCUT2D eigenvalue weighted by Gasteiger charge is -2.04. The molecule has 0 bridgehead atoms. The lowest BCUT2D eigenvalue weighted by atomic mass is 10.3. The molecule has 1 rings (SSSR count). The van der Waals surface area contributed by atoms with Gasteiger partial charge in [0.05, 0.1) is 20.8 Å². The van der Waals surface area contributed by atoms with Gasteiger partial charge in [0.2, 0.25) is 5.88 Å². The number of esters is 1. The molecule has 15 heavy (non-hydrogen) atoms. The molecule has 0 radical (unpaired) electrons. The Hall–Kier alpha value is -1.62. The molecule has 1 aromatic heterocycles. The summed E-state index contributed by atoms with van der Waals surface area (Å²) in [6.07, 6.45) is 1.70. The van der Waals surface area contributed by atoms with E-state index in [9.17, 15) is 4.79 Å². The third-order valence-corrected chi connectivity index (χ3v) is 1.83. The van der Waals surface area contributed by atoms with E-state index >= 15 is 0 Å². The minimum Gasteiger partial charge on any atom is -0.481 e. The SMILES string of the molecule is COC(=O)CNCc1ccc(OC)nc1. The van der Waals surface area contributed by atoms with E-state index in [-0.39, 0.29) is 12.5 Å². The predicted molar refractivity (Wildman–Crippen MR) is 54.5 cm³/mol.